The van der Waals surface area contributed by atoms with Crippen molar-refractivity contribution in [3.63, 3.8) is 0 Å². The third-order valence-corrected chi connectivity index (χ3v) is 8.10. The lowest BCUT2D eigenvalue weighted by Gasteiger charge is -2.30. The number of aromatic nitrogens is 4. The van der Waals surface area contributed by atoms with Crippen LogP contribution < -0.4 is 15.8 Å². The van der Waals surface area contributed by atoms with E-state index in [0.29, 0.717) is 58.6 Å². The minimum Gasteiger partial charge on any atom is -0.392 e. The lowest BCUT2D eigenvalue weighted by molar-refractivity contribution is 0.0963. The number of nitrogens with one attached hydrogen (secondary N) is 1. The lowest BCUT2D eigenvalue weighted by Crippen LogP contribution is -2.41. The molecule has 0 spiro atoms. The zero-order valence-corrected chi connectivity index (χ0v) is 22.2. The standard InChI is InChI=1S/C30H29N7O3/c1-35-16-20(14-23(29(35)39)33-26-7-6-18-8-10-31-27(18)34-26)21-9-11-32-28(22(21)17-38)37-13-12-36-24-5-3-2-4-19(24)15-25(36)30(37)40/h6-7,9-11,14-16,38H,2-5,8,12-13,17H2,1H3,(H,33,34). The molecule has 2 N–H and O–H groups in total. The maximum Gasteiger partial charge on any atom is 0.276 e. The van der Waals surface area contributed by atoms with Gasteiger partial charge < -0.3 is 19.6 Å². The Kier molecular flexibility index (Phi) is 5.85. The molecular weight excluding hydrogens is 506 g/mol. The van der Waals surface area contributed by atoms with Crippen LogP contribution in [0.2, 0.25) is 0 Å². The van der Waals surface area contributed by atoms with Crippen LogP contribution in [-0.4, -0.2) is 42.9 Å². The number of aryl methyl sites for hydroxylation is 2. The van der Waals surface area contributed by atoms with Crippen LogP contribution in [0.5, 0.6) is 0 Å². The number of aliphatic imine (C=N–C) groups is 1. The van der Waals surface area contributed by atoms with E-state index in [1.807, 2.05) is 24.4 Å². The third kappa shape index (κ3) is 3.94. The van der Waals surface area contributed by atoms with Gasteiger partial charge in [0, 0.05) is 67.6 Å². The van der Waals surface area contributed by atoms with Crippen molar-refractivity contribution in [2.75, 3.05) is 16.8 Å². The van der Waals surface area contributed by atoms with Gasteiger partial charge in [-0.05, 0) is 61.1 Å². The number of carbonyl (C=O) groups is 1. The second kappa shape index (κ2) is 9.56. The van der Waals surface area contributed by atoms with Crippen LogP contribution >= 0.6 is 0 Å². The number of hydrogen-bond acceptors (Lipinski definition) is 7. The first-order chi connectivity index (χ1) is 19.5. The predicted molar refractivity (Wildman–Crippen MR) is 153 cm³/mol. The second-order valence-electron chi connectivity index (χ2n) is 10.5. The number of aliphatic hydroxyl groups excluding tert-OH is 1. The summed E-state index contributed by atoms with van der Waals surface area (Å²) in [6, 6.07) is 9.37. The Hall–Kier alpha value is -4.57. The Labute approximate surface area is 230 Å². The number of amides is 1. The van der Waals surface area contributed by atoms with Gasteiger partial charge in [0.05, 0.1) is 6.61 Å². The fraction of sp³-hybridized carbons (Fsp3) is 0.300. The summed E-state index contributed by atoms with van der Waals surface area (Å²) in [4.78, 5) is 41.8. The molecule has 0 bridgehead atoms. The zero-order valence-electron chi connectivity index (χ0n) is 22.2. The van der Waals surface area contributed by atoms with E-state index in [1.54, 1.807) is 36.5 Å². The van der Waals surface area contributed by atoms with E-state index >= 15 is 0 Å². The van der Waals surface area contributed by atoms with Crippen molar-refractivity contribution in [3.05, 3.63) is 81.2 Å². The first-order valence-electron chi connectivity index (χ1n) is 13.6. The van der Waals surface area contributed by atoms with Gasteiger partial charge in [0.2, 0.25) is 0 Å². The fourth-order valence-electron chi connectivity index (χ4n) is 6.11. The van der Waals surface area contributed by atoms with Gasteiger partial charge in [0.15, 0.2) is 5.82 Å². The first kappa shape index (κ1) is 24.5. The molecule has 0 saturated carbocycles. The zero-order chi connectivity index (χ0) is 27.4. The summed E-state index contributed by atoms with van der Waals surface area (Å²) in [5.74, 6) is 1.51. The number of nitrogens with zero attached hydrogens (tertiary/aromatic N) is 6. The van der Waals surface area contributed by atoms with Crippen molar-refractivity contribution in [2.24, 2.45) is 12.0 Å². The van der Waals surface area contributed by atoms with Crippen LogP contribution in [0.1, 0.15) is 45.7 Å². The largest absolute Gasteiger partial charge is 0.392 e. The average molecular weight is 536 g/mol. The number of fused-ring (bicyclic) bond motifs is 4. The molecule has 0 atom stereocenters. The minimum atomic E-state index is -0.310. The summed E-state index contributed by atoms with van der Waals surface area (Å²) < 4.78 is 3.66. The molecule has 1 amide bonds. The molecule has 4 aromatic rings. The molecule has 0 saturated heterocycles. The summed E-state index contributed by atoms with van der Waals surface area (Å²) in [6.45, 7) is 0.859. The molecule has 0 unspecified atom stereocenters. The molecule has 202 valence electrons. The molecule has 6 heterocycles. The van der Waals surface area contributed by atoms with Crippen molar-refractivity contribution in [2.45, 2.75) is 45.3 Å². The van der Waals surface area contributed by atoms with Gasteiger partial charge in [-0.25, -0.2) is 15.0 Å². The Bertz CT molecular complexity index is 1770. The normalized spacial score (nSPS) is 15.7. The summed E-state index contributed by atoms with van der Waals surface area (Å²) in [5.41, 5.74) is 6.36. The molecule has 2 aliphatic heterocycles. The lowest BCUT2D eigenvalue weighted by atomic mass is 9.98. The summed E-state index contributed by atoms with van der Waals surface area (Å²) in [7, 11) is 1.68. The number of carbonyl (C=O) groups excluding carboxylic acids is 1. The molecule has 40 heavy (non-hydrogen) atoms. The molecule has 10 nitrogen and oxygen atoms in total. The molecule has 1 aliphatic carbocycles. The van der Waals surface area contributed by atoms with E-state index in [0.717, 1.165) is 37.7 Å². The van der Waals surface area contributed by atoms with Crippen LogP contribution in [0.4, 0.5) is 23.1 Å². The first-order valence-corrected chi connectivity index (χ1v) is 13.6. The SMILES string of the molecule is Cn1cc(-c2ccnc(N3CCn4c(cc5c4CCCC5)C3=O)c2CO)cc(Nc2ccc3c(n2)N=CC3)c1=O. The van der Waals surface area contributed by atoms with E-state index in [2.05, 4.69) is 24.8 Å². The Morgan fingerprint density at radius 2 is 1.93 bits per heavy atom. The third-order valence-electron chi connectivity index (χ3n) is 8.10. The van der Waals surface area contributed by atoms with Gasteiger partial charge in [-0.3, -0.25) is 14.5 Å². The molecule has 0 radical (unpaired) electrons. The van der Waals surface area contributed by atoms with E-state index in [-0.39, 0.29) is 18.1 Å². The highest BCUT2D eigenvalue weighted by Crippen LogP contribution is 2.34. The van der Waals surface area contributed by atoms with Crippen LogP contribution in [0.25, 0.3) is 11.1 Å². The molecule has 10 heteroatoms. The summed E-state index contributed by atoms with van der Waals surface area (Å²) in [6.07, 6.45) is 10.3. The van der Waals surface area contributed by atoms with E-state index in [9.17, 15) is 14.7 Å². The van der Waals surface area contributed by atoms with Crippen molar-refractivity contribution in [1.29, 1.82) is 0 Å². The second-order valence-corrected chi connectivity index (χ2v) is 10.5. The van der Waals surface area contributed by atoms with Gasteiger partial charge in [0.1, 0.15) is 23.0 Å². The van der Waals surface area contributed by atoms with Gasteiger partial charge in [-0.2, -0.15) is 0 Å². The number of aliphatic hydroxyl groups is 1. The van der Waals surface area contributed by atoms with E-state index < -0.39 is 0 Å². The molecule has 7 rings (SSSR count). The monoisotopic (exact) mass is 535 g/mol. The van der Waals surface area contributed by atoms with E-state index in [4.69, 9.17) is 0 Å². The van der Waals surface area contributed by atoms with Crippen molar-refractivity contribution >= 4 is 35.3 Å². The summed E-state index contributed by atoms with van der Waals surface area (Å²) in [5, 5.41) is 13.7. The fourth-order valence-corrected chi connectivity index (χ4v) is 6.11. The van der Waals surface area contributed by atoms with Gasteiger partial charge in [0.25, 0.3) is 11.5 Å². The molecule has 4 aromatic heterocycles. The predicted octanol–water partition coefficient (Wildman–Crippen LogP) is 3.68. The molecule has 0 fully saturated rings. The molecule has 3 aliphatic rings. The molecular formula is C30H29N7O3. The number of anilines is 3. The van der Waals surface area contributed by atoms with Crippen LogP contribution in [0.15, 0.2) is 52.5 Å². The topological polar surface area (TPSA) is 118 Å². The van der Waals surface area contributed by atoms with E-state index in [1.165, 1.54) is 15.8 Å². The maximum absolute atomic E-state index is 13.7. The highest BCUT2D eigenvalue weighted by molar-refractivity contribution is 6.06. The highest BCUT2D eigenvalue weighted by Gasteiger charge is 2.32. The van der Waals surface area contributed by atoms with Crippen molar-refractivity contribution < 1.29 is 9.90 Å². The minimum absolute atomic E-state index is 0.104. The average Bonchev–Trinajstić information content (AvgIpc) is 3.60. The maximum atomic E-state index is 13.7. The molecule has 0 aromatic carbocycles. The number of pyridine rings is 3. The van der Waals surface area contributed by atoms with Crippen molar-refractivity contribution in [3.8, 4) is 11.1 Å². The van der Waals surface area contributed by atoms with Crippen molar-refractivity contribution in [1.82, 2.24) is 19.1 Å². The number of hydrogen-bond donors (Lipinski definition) is 2. The van der Waals surface area contributed by atoms with Gasteiger partial charge in [-0.15, -0.1) is 0 Å². The smallest absolute Gasteiger partial charge is 0.276 e. The number of rotatable bonds is 5. The van der Waals surface area contributed by atoms with Gasteiger partial charge in [-0.1, -0.05) is 6.07 Å². The highest BCUT2D eigenvalue weighted by atomic mass is 16.3. The quantitative estimate of drug-likeness (QED) is 0.403. The Balaban J connectivity index is 1.26. The van der Waals surface area contributed by atoms with Gasteiger partial charge >= 0.3 is 0 Å². The summed E-state index contributed by atoms with van der Waals surface area (Å²) >= 11 is 0. The van der Waals surface area contributed by atoms with Crippen LogP contribution in [0.3, 0.4) is 0 Å². The Morgan fingerprint density at radius 1 is 1.05 bits per heavy atom. The van der Waals surface area contributed by atoms with Crippen LogP contribution in [0, 0.1) is 0 Å². The Morgan fingerprint density at radius 3 is 2.80 bits per heavy atom. The van der Waals surface area contributed by atoms with Crippen LogP contribution in [-0.2, 0) is 39.5 Å².